The van der Waals surface area contributed by atoms with Crippen molar-refractivity contribution in [2.24, 2.45) is 0 Å². The molecule has 0 bridgehead atoms. The Labute approximate surface area is 199 Å². The quantitative estimate of drug-likeness (QED) is 0.198. The van der Waals surface area contributed by atoms with E-state index >= 15 is 0 Å². The van der Waals surface area contributed by atoms with Crippen LogP contribution in [-0.2, 0) is 9.59 Å². The minimum absolute atomic E-state index is 0. The molecule has 0 fully saturated rings. The summed E-state index contributed by atoms with van der Waals surface area (Å²) in [4.78, 5) is 35.7. The van der Waals surface area contributed by atoms with Crippen LogP contribution in [0.25, 0.3) is 0 Å². The van der Waals surface area contributed by atoms with Crippen molar-refractivity contribution in [3.05, 3.63) is 65.2 Å². The summed E-state index contributed by atoms with van der Waals surface area (Å²) in [6.07, 6.45) is -1.19. The highest BCUT2D eigenvalue weighted by atomic mass is 16.5. The van der Waals surface area contributed by atoms with Crippen LogP contribution in [0, 0.1) is 11.8 Å². The third-order valence-corrected chi connectivity index (χ3v) is 4.50. The van der Waals surface area contributed by atoms with Crippen LogP contribution in [0.4, 0.5) is 5.69 Å². The van der Waals surface area contributed by atoms with Crippen molar-refractivity contribution >= 4 is 23.4 Å². The van der Waals surface area contributed by atoms with E-state index in [0.717, 1.165) is 5.56 Å². The van der Waals surface area contributed by atoms with Gasteiger partial charge in [-0.15, -0.1) is 0 Å². The van der Waals surface area contributed by atoms with Crippen LogP contribution in [0.3, 0.4) is 0 Å². The summed E-state index contributed by atoms with van der Waals surface area (Å²) in [5, 5.41) is 26.5. The Kier molecular flexibility index (Phi) is 11.5. The van der Waals surface area contributed by atoms with Gasteiger partial charge < -0.3 is 21.1 Å². The Morgan fingerprint density at radius 1 is 0.912 bits per heavy atom. The molecule has 0 aliphatic rings. The number of carbonyl (C=O) groups excluding carboxylic acids is 3. The van der Waals surface area contributed by atoms with Gasteiger partial charge in [0.05, 0.1) is 12.6 Å². The lowest BCUT2D eigenvalue weighted by Gasteiger charge is -2.19. The third kappa shape index (κ3) is 9.03. The first-order chi connectivity index (χ1) is 15.7. The molecule has 0 heterocycles. The van der Waals surface area contributed by atoms with Gasteiger partial charge in [0.15, 0.2) is 0 Å². The van der Waals surface area contributed by atoms with Crippen molar-refractivity contribution < 1.29 is 24.7 Å². The molecule has 9 heteroatoms. The predicted octanol–water partition coefficient (Wildman–Crippen LogP) is 1.64. The number of hydrogen-bond acceptors (Lipinski definition) is 6. The first kappa shape index (κ1) is 28.3. The smallest absolute Gasteiger partial charge is 0.268 e. The van der Waals surface area contributed by atoms with Crippen molar-refractivity contribution in [2.75, 3.05) is 11.9 Å². The number of benzene rings is 2. The van der Waals surface area contributed by atoms with Gasteiger partial charge in [-0.3, -0.25) is 19.6 Å². The number of aliphatic hydroxyl groups is 1. The minimum Gasteiger partial charge on any atom is -0.391 e. The predicted molar refractivity (Wildman–Crippen MR) is 130 cm³/mol. The van der Waals surface area contributed by atoms with Crippen molar-refractivity contribution in [3.63, 3.8) is 0 Å². The Hall–Kier alpha value is -3.71. The second-order valence-corrected chi connectivity index (χ2v) is 7.66. The van der Waals surface area contributed by atoms with E-state index in [1.807, 2.05) is 13.8 Å². The second-order valence-electron chi connectivity index (χ2n) is 7.66. The van der Waals surface area contributed by atoms with E-state index in [2.05, 4.69) is 27.8 Å². The van der Waals surface area contributed by atoms with Gasteiger partial charge in [-0.25, -0.2) is 5.48 Å². The fourth-order valence-corrected chi connectivity index (χ4v) is 2.69. The van der Waals surface area contributed by atoms with E-state index in [4.69, 9.17) is 5.21 Å². The van der Waals surface area contributed by atoms with Gasteiger partial charge in [0, 0.05) is 28.4 Å². The SMILES string of the molecule is C.CC(C)NCC(=O)Nc1ccc(C#Cc2ccc(C(=O)N[C@H](C(=O)NO)[C@@H](C)O)cc2)cc1. The number of hydroxylamine groups is 1. The molecule has 0 spiro atoms. The van der Waals surface area contributed by atoms with E-state index in [-0.39, 0.29) is 31.5 Å². The first-order valence-corrected chi connectivity index (χ1v) is 10.4. The zero-order valence-electron chi connectivity index (χ0n) is 18.7. The molecular weight excluding hydrogens is 436 g/mol. The lowest BCUT2D eigenvalue weighted by atomic mass is 10.1. The number of hydrogen-bond donors (Lipinski definition) is 6. The summed E-state index contributed by atoms with van der Waals surface area (Å²) in [6.45, 7) is 5.50. The van der Waals surface area contributed by atoms with E-state index < -0.39 is 24.0 Å². The largest absolute Gasteiger partial charge is 0.391 e. The summed E-state index contributed by atoms with van der Waals surface area (Å²) in [7, 11) is 0. The van der Waals surface area contributed by atoms with Crippen LogP contribution in [-0.4, -0.2) is 52.8 Å². The highest BCUT2D eigenvalue weighted by Crippen LogP contribution is 2.10. The van der Waals surface area contributed by atoms with Gasteiger partial charge in [-0.1, -0.05) is 33.1 Å². The molecule has 34 heavy (non-hydrogen) atoms. The Morgan fingerprint density at radius 2 is 1.44 bits per heavy atom. The third-order valence-electron chi connectivity index (χ3n) is 4.50. The first-order valence-electron chi connectivity index (χ1n) is 10.4. The average Bonchev–Trinajstić information content (AvgIpc) is 2.80. The van der Waals surface area contributed by atoms with Crippen LogP contribution < -0.4 is 21.4 Å². The molecule has 0 saturated heterocycles. The van der Waals surface area contributed by atoms with Crippen LogP contribution in [0.1, 0.15) is 49.7 Å². The fraction of sp³-hybridized carbons (Fsp3) is 0.320. The molecule has 0 saturated carbocycles. The molecule has 2 aromatic carbocycles. The zero-order chi connectivity index (χ0) is 24.4. The molecule has 2 aromatic rings. The number of anilines is 1. The number of carbonyl (C=O) groups is 3. The molecular formula is C25H32N4O5. The standard InChI is InChI=1S/C24H28N4O5.CH4/c1-15(2)25-14-21(30)26-20-12-8-18(9-13-20)5-4-17-6-10-19(11-7-17)23(31)27-22(16(3)29)24(32)28-33;/h6-13,15-16,22,25,29,33H,14H2,1-3H3,(H,26,30)(H,27,31)(H,28,32);1H4/t16-,22+;/m1./s1. The number of amides is 3. The lowest BCUT2D eigenvalue weighted by molar-refractivity contribution is -0.133. The van der Waals surface area contributed by atoms with E-state index in [9.17, 15) is 19.5 Å². The van der Waals surface area contributed by atoms with E-state index in [0.29, 0.717) is 11.3 Å². The molecule has 0 aliphatic heterocycles. The van der Waals surface area contributed by atoms with Crippen molar-refractivity contribution in [3.8, 4) is 11.8 Å². The van der Waals surface area contributed by atoms with Gasteiger partial charge >= 0.3 is 0 Å². The zero-order valence-corrected chi connectivity index (χ0v) is 18.7. The molecule has 2 atom stereocenters. The van der Waals surface area contributed by atoms with Crippen LogP contribution in [0.2, 0.25) is 0 Å². The van der Waals surface area contributed by atoms with Gasteiger partial charge in [0.1, 0.15) is 6.04 Å². The molecule has 0 aromatic heterocycles. The maximum Gasteiger partial charge on any atom is 0.268 e. The monoisotopic (exact) mass is 468 g/mol. The Morgan fingerprint density at radius 3 is 1.91 bits per heavy atom. The van der Waals surface area contributed by atoms with Crippen LogP contribution >= 0.6 is 0 Å². The second kappa shape index (κ2) is 13.7. The summed E-state index contributed by atoms with van der Waals surface area (Å²) in [5.74, 6) is 4.38. The highest BCUT2D eigenvalue weighted by molar-refractivity contribution is 5.97. The highest BCUT2D eigenvalue weighted by Gasteiger charge is 2.25. The summed E-state index contributed by atoms with van der Waals surface area (Å²) in [6, 6.07) is 12.5. The van der Waals surface area contributed by atoms with Crippen LogP contribution in [0.5, 0.6) is 0 Å². The molecule has 3 amide bonds. The van der Waals surface area contributed by atoms with Crippen LogP contribution in [0.15, 0.2) is 48.5 Å². The number of nitrogens with one attached hydrogen (secondary N) is 4. The fourth-order valence-electron chi connectivity index (χ4n) is 2.69. The van der Waals surface area contributed by atoms with E-state index in [1.54, 1.807) is 48.5 Å². The molecule has 0 unspecified atom stereocenters. The Bertz CT molecular complexity index is 1020. The normalized spacial score (nSPS) is 11.8. The lowest BCUT2D eigenvalue weighted by Crippen LogP contribution is -2.51. The minimum atomic E-state index is -1.29. The molecule has 9 nitrogen and oxygen atoms in total. The Balaban J connectivity index is 0.00000578. The molecule has 0 aliphatic carbocycles. The van der Waals surface area contributed by atoms with Gasteiger partial charge in [0.2, 0.25) is 5.91 Å². The number of aliphatic hydroxyl groups excluding tert-OH is 1. The van der Waals surface area contributed by atoms with Crippen molar-refractivity contribution in [1.82, 2.24) is 16.1 Å². The van der Waals surface area contributed by atoms with Gasteiger partial charge in [-0.05, 0) is 55.5 Å². The molecule has 6 N–H and O–H groups in total. The molecule has 2 rings (SSSR count). The number of rotatable bonds is 8. The van der Waals surface area contributed by atoms with Crippen molar-refractivity contribution in [1.29, 1.82) is 0 Å². The summed E-state index contributed by atoms with van der Waals surface area (Å²) >= 11 is 0. The maximum atomic E-state index is 12.3. The van der Waals surface area contributed by atoms with Gasteiger partial charge in [0.25, 0.3) is 11.8 Å². The van der Waals surface area contributed by atoms with Gasteiger partial charge in [-0.2, -0.15) is 0 Å². The maximum absolute atomic E-state index is 12.3. The average molecular weight is 469 g/mol. The molecule has 0 radical (unpaired) electrons. The van der Waals surface area contributed by atoms with E-state index in [1.165, 1.54) is 12.4 Å². The topological polar surface area (TPSA) is 140 Å². The summed E-state index contributed by atoms with van der Waals surface area (Å²) < 4.78 is 0. The van der Waals surface area contributed by atoms with Crippen molar-refractivity contribution in [2.45, 2.75) is 46.4 Å². The summed E-state index contributed by atoms with van der Waals surface area (Å²) in [5.41, 5.74) is 3.78. The molecule has 182 valence electrons.